The zero-order valence-corrected chi connectivity index (χ0v) is 13.2. The average Bonchev–Trinajstić information content (AvgIpc) is 2.54. The molecule has 3 rings (SSSR count). The second-order valence-corrected chi connectivity index (χ2v) is 7.65. The van der Waals surface area contributed by atoms with Crippen LogP contribution in [0.2, 0.25) is 0 Å². The minimum atomic E-state index is -4.10. The Morgan fingerprint density at radius 3 is 2.65 bits per heavy atom. The number of rotatable bonds is 3. The number of fused-ring (bicyclic) bond motifs is 1. The van der Waals surface area contributed by atoms with Crippen molar-refractivity contribution in [1.29, 1.82) is 0 Å². The van der Waals surface area contributed by atoms with E-state index in [1.807, 2.05) is 0 Å². The van der Waals surface area contributed by atoms with Crippen LogP contribution in [-0.4, -0.2) is 15.0 Å². The molecule has 2 aromatic rings. The van der Waals surface area contributed by atoms with E-state index in [0.29, 0.717) is 18.5 Å². The van der Waals surface area contributed by atoms with E-state index in [0.717, 1.165) is 30.5 Å². The molecule has 0 aliphatic heterocycles. The number of hydrogen-bond donors (Lipinski definition) is 1. The van der Waals surface area contributed by atoms with Crippen molar-refractivity contribution in [1.82, 2.24) is 0 Å². The lowest BCUT2D eigenvalue weighted by atomic mass is 9.82. The van der Waals surface area contributed by atoms with Crippen LogP contribution in [0.5, 0.6) is 0 Å². The zero-order chi connectivity index (χ0) is 16.6. The van der Waals surface area contributed by atoms with Gasteiger partial charge in [-0.2, -0.15) is 0 Å². The molecular weight excluding hydrogens is 320 g/mol. The maximum absolute atomic E-state index is 14.8. The smallest absolute Gasteiger partial charge is 0.209 e. The van der Waals surface area contributed by atoms with Gasteiger partial charge in [0.05, 0.1) is 4.90 Å². The van der Waals surface area contributed by atoms with Crippen molar-refractivity contribution in [2.24, 2.45) is 5.73 Å². The van der Waals surface area contributed by atoms with Gasteiger partial charge in [-0.1, -0.05) is 12.1 Å². The predicted octanol–water partition coefficient (Wildman–Crippen LogP) is 3.18. The summed E-state index contributed by atoms with van der Waals surface area (Å²) in [6, 6.07) is 7.51. The van der Waals surface area contributed by atoms with Crippen LogP contribution < -0.4 is 5.73 Å². The molecule has 0 saturated heterocycles. The maximum atomic E-state index is 14.8. The molecular formula is C17H17F2NO2S. The molecule has 23 heavy (non-hydrogen) atoms. The van der Waals surface area contributed by atoms with Gasteiger partial charge in [-0.3, -0.25) is 0 Å². The van der Waals surface area contributed by atoms with E-state index in [1.54, 1.807) is 6.07 Å². The van der Waals surface area contributed by atoms with Crippen molar-refractivity contribution >= 4 is 9.84 Å². The highest BCUT2D eigenvalue weighted by Gasteiger charge is 2.29. The van der Waals surface area contributed by atoms with Gasteiger partial charge in [0, 0.05) is 0 Å². The Morgan fingerprint density at radius 2 is 1.96 bits per heavy atom. The van der Waals surface area contributed by atoms with Crippen molar-refractivity contribution in [3.8, 4) is 0 Å². The molecule has 0 saturated carbocycles. The first kappa shape index (κ1) is 16.1. The van der Waals surface area contributed by atoms with Gasteiger partial charge < -0.3 is 5.73 Å². The van der Waals surface area contributed by atoms with E-state index >= 15 is 0 Å². The summed E-state index contributed by atoms with van der Waals surface area (Å²) in [7, 11) is -4.10. The first-order valence-electron chi connectivity index (χ1n) is 7.47. The first-order valence-corrected chi connectivity index (χ1v) is 8.95. The van der Waals surface area contributed by atoms with E-state index in [4.69, 9.17) is 5.73 Å². The molecule has 0 unspecified atom stereocenters. The van der Waals surface area contributed by atoms with Crippen LogP contribution in [0.1, 0.15) is 29.9 Å². The molecule has 6 heteroatoms. The number of nitrogens with two attached hydrogens (primary N) is 1. The fourth-order valence-electron chi connectivity index (χ4n) is 3.15. The highest BCUT2D eigenvalue weighted by Crippen LogP contribution is 2.36. The van der Waals surface area contributed by atoms with Gasteiger partial charge in [-0.25, -0.2) is 17.2 Å². The van der Waals surface area contributed by atoms with Crippen LogP contribution in [0.3, 0.4) is 0 Å². The van der Waals surface area contributed by atoms with Crippen LogP contribution >= 0.6 is 0 Å². The highest BCUT2D eigenvalue weighted by molar-refractivity contribution is 7.91. The van der Waals surface area contributed by atoms with Gasteiger partial charge in [0.1, 0.15) is 16.5 Å². The molecule has 122 valence electrons. The van der Waals surface area contributed by atoms with Gasteiger partial charge in [0.2, 0.25) is 9.84 Å². The fourth-order valence-corrected chi connectivity index (χ4v) is 4.53. The second kappa shape index (κ2) is 6.02. The van der Waals surface area contributed by atoms with Crippen molar-refractivity contribution in [2.75, 3.05) is 6.54 Å². The molecule has 3 nitrogen and oxygen atoms in total. The Morgan fingerprint density at radius 1 is 1.17 bits per heavy atom. The van der Waals surface area contributed by atoms with Gasteiger partial charge in [-0.05, 0) is 67.1 Å². The van der Waals surface area contributed by atoms with Crippen LogP contribution in [0, 0.1) is 11.6 Å². The van der Waals surface area contributed by atoms with Gasteiger partial charge >= 0.3 is 0 Å². The third-order valence-electron chi connectivity index (χ3n) is 4.34. The Bertz CT molecular complexity index is 850. The Labute approximate surface area is 134 Å². The maximum Gasteiger partial charge on any atom is 0.209 e. The summed E-state index contributed by atoms with van der Waals surface area (Å²) in [5, 5.41) is 0. The number of benzene rings is 2. The summed E-state index contributed by atoms with van der Waals surface area (Å²) in [5.74, 6) is -1.35. The lowest BCUT2D eigenvalue weighted by Crippen LogP contribution is -2.20. The third-order valence-corrected chi connectivity index (χ3v) is 6.11. The Balaban J connectivity index is 2.14. The summed E-state index contributed by atoms with van der Waals surface area (Å²) in [4.78, 5) is -0.651. The van der Waals surface area contributed by atoms with Gasteiger partial charge in [0.15, 0.2) is 0 Å². The summed E-state index contributed by atoms with van der Waals surface area (Å²) in [6.45, 7) is 0.405. The molecule has 0 aromatic heterocycles. The van der Waals surface area contributed by atoms with Crippen molar-refractivity contribution in [3.63, 3.8) is 0 Å². The van der Waals surface area contributed by atoms with E-state index in [1.165, 1.54) is 18.2 Å². The lowest BCUT2D eigenvalue weighted by Gasteiger charge is -2.25. The standard InChI is InChI=1S/C17H17F2NO2S/c18-12-4-2-5-13(9-12)23(21,22)16-8-7-14-11(10-20)3-1-6-15(14)17(16)19/h2,4-5,7-9,11H,1,3,6,10,20H2/t11-/m0/s1. The molecule has 0 bridgehead atoms. The first-order chi connectivity index (χ1) is 10.9. The summed E-state index contributed by atoms with van der Waals surface area (Å²) < 4.78 is 53.4. The highest BCUT2D eigenvalue weighted by atomic mass is 32.2. The zero-order valence-electron chi connectivity index (χ0n) is 12.4. The molecule has 1 aliphatic rings. The number of halogens is 2. The number of sulfone groups is 1. The quantitative estimate of drug-likeness (QED) is 0.936. The Hall–Kier alpha value is -1.79. The third kappa shape index (κ3) is 2.77. The van der Waals surface area contributed by atoms with Crippen molar-refractivity contribution in [3.05, 3.63) is 59.2 Å². The van der Waals surface area contributed by atoms with E-state index in [9.17, 15) is 17.2 Å². The molecule has 0 heterocycles. The molecule has 1 atom stereocenters. The van der Waals surface area contributed by atoms with Crippen molar-refractivity contribution < 1.29 is 17.2 Å². The molecule has 0 fully saturated rings. The van der Waals surface area contributed by atoms with Gasteiger partial charge in [0.25, 0.3) is 0 Å². The summed E-state index contributed by atoms with van der Waals surface area (Å²) in [6.07, 6.45) is 2.14. The predicted molar refractivity (Wildman–Crippen MR) is 83.0 cm³/mol. The van der Waals surface area contributed by atoms with Crippen LogP contribution in [0.4, 0.5) is 8.78 Å². The summed E-state index contributed by atoms with van der Waals surface area (Å²) >= 11 is 0. The molecule has 0 amide bonds. The molecule has 0 spiro atoms. The average molecular weight is 337 g/mol. The van der Waals surface area contributed by atoms with Gasteiger partial charge in [-0.15, -0.1) is 0 Å². The SMILES string of the molecule is NC[C@@H]1CCCc2c1ccc(S(=O)(=O)c1cccc(F)c1)c2F. The fraction of sp³-hybridized carbons (Fsp3) is 0.294. The van der Waals surface area contributed by atoms with E-state index in [-0.39, 0.29) is 10.8 Å². The summed E-state index contributed by atoms with van der Waals surface area (Å²) in [5.41, 5.74) is 6.92. The molecule has 2 aromatic carbocycles. The van der Waals surface area contributed by atoms with E-state index in [2.05, 4.69) is 0 Å². The van der Waals surface area contributed by atoms with Crippen LogP contribution in [0.25, 0.3) is 0 Å². The van der Waals surface area contributed by atoms with Crippen LogP contribution in [-0.2, 0) is 16.3 Å². The largest absolute Gasteiger partial charge is 0.330 e. The van der Waals surface area contributed by atoms with E-state index < -0.39 is 26.4 Å². The number of hydrogen-bond acceptors (Lipinski definition) is 3. The second-order valence-electron chi connectivity index (χ2n) is 5.73. The molecule has 2 N–H and O–H groups in total. The monoisotopic (exact) mass is 337 g/mol. The van der Waals surface area contributed by atoms with Crippen LogP contribution in [0.15, 0.2) is 46.2 Å². The lowest BCUT2D eigenvalue weighted by molar-refractivity contribution is 0.509. The molecule has 1 aliphatic carbocycles. The minimum absolute atomic E-state index is 0.0548. The van der Waals surface area contributed by atoms with Crippen molar-refractivity contribution in [2.45, 2.75) is 35.0 Å². The Kier molecular flexibility index (Phi) is 4.21. The normalized spacial score (nSPS) is 17.8. The molecule has 0 radical (unpaired) electrons. The topological polar surface area (TPSA) is 60.2 Å². The minimum Gasteiger partial charge on any atom is -0.330 e.